The lowest BCUT2D eigenvalue weighted by molar-refractivity contribution is 0.0691. The van der Waals surface area contributed by atoms with Gasteiger partial charge in [-0.3, -0.25) is 4.79 Å². The van der Waals surface area contributed by atoms with Gasteiger partial charge in [0.2, 0.25) is 0 Å². The zero-order valence-corrected chi connectivity index (χ0v) is 11.5. The zero-order valence-electron chi connectivity index (χ0n) is 11.5. The summed E-state index contributed by atoms with van der Waals surface area (Å²) < 4.78 is 0. The minimum absolute atomic E-state index is 0.0957. The Labute approximate surface area is 117 Å². The number of aromatic nitrogens is 1. The maximum Gasteiger partial charge on any atom is 0.337 e. The standard InChI is InChI=1S/C14H18N2O4/c1-8-11(14(19)20)3-4-12(15-8)13(18)16-6-5-10(7-16)9(2)17/h3-4,9-10,17H,5-7H2,1-2H3,(H,19,20). The molecule has 6 nitrogen and oxygen atoms in total. The molecule has 2 rings (SSSR count). The first-order valence-corrected chi connectivity index (χ1v) is 6.58. The number of hydrogen-bond donors (Lipinski definition) is 2. The maximum absolute atomic E-state index is 12.3. The van der Waals surface area contributed by atoms with Crippen LogP contribution < -0.4 is 0 Å². The molecule has 6 heteroatoms. The van der Waals surface area contributed by atoms with Crippen LogP contribution in [0.3, 0.4) is 0 Å². The van der Waals surface area contributed by atoms with Crippen molar-refractivity contribution in [3.63, 3.8) is 0 Å². The Morgan fingerprint density at radius 2 is 2.15 bits per heavy atom. The van der Waals surface area contributed by atoms with Crippen molar-refractivity contribution in [3.05, 3.63) is 29.1 Å². The third kappa shape index (κ3) is 2.80. The van der Waals surface area contributed by atoms with Gasteiger partial charge in [-0.2, -0.15) is 0 Å². The number of aliphatic hydroxyl groups excluding tert-OH is 1. The van der Waals surface area contributed by atoms with E-state index < -0.39 is 12.1 Å². The lowest BCUT2D eigenvalue weighted by atomic mass is 10.0. The fraction of sp³-hybridized carbons (Fsp3) is 0.500. The summed E-state index contributed by atoms with van der Waals surface area (Å²) in [7, 11) is 0. The number of aryl methyl sites for hydroxylation is 1. The van der Waals surface area contributed by atoms with Gasteiger partial charge in [0.05, 0.1) is 17.4 Å². The number of rotatable bonds is 3. The molecule has 20 heavy (non-hydrogen) atoms. The highest BCUT2D eigenvalue weighted by Gasteiger charge is 2.30. The van der Waals surface area contributed by atoms with E-state index in [1.807, 2.05) is 0 Å². The van der Waals surface area contributed by atoms with Crippen molar-refractivity contribution in [2.45, 2.75) is 26.4 Å². The van der Waals surface area contributed by atoms with E-state index in [1.165, 1.54) is 12.1 Å². The number of likely N-dealkylation sites (tertiary alicyclic amines) is 1. The van der Waals surface area contributed by atoms with E-state index in [-0.39, 0.29) is 23.1 Å². The van der Waals surface area contributed by atoms with E-state index in [0.717, 1.165) is 6.42 Å². The third-order valence-corrected chi connectivity index (χ3v) is 3.73. The largest absolute Gasteiger partial charge is 0.478 e. The van der Waals surface area contributed by atoms with Crippen LogP contribution in [-0.4, -0.2) is 51.2 Å². The van der Waals surface area contributed by atoms with Crippen molar-refractivity contribution in [2.24, 2.45) is 5.92 Å². The van der Waals surface area contributed by atoms with Crippen LogP contribution in [0.5, 0.6) is 0 Å². The number of aromatic carboxylic acids is 1. The van der Waals surface area contributed by atoms with Crippen LogP contribution in [0.25, 0.3) is 0 Å². The van der Waals surface area contributed by atoms with Gasteiger partial charge in [-0.25, -0.2) is 9.78 Å². The Hall–Kier alpha value is -1.95. The predicted octanol–water partition coefficient (Wildman–Crippen LogP) is 0.931. The fourth-order valence-corrected chi connectivity index (χ4v) is 2.43. The number of carboxylic acids is 1. The Balaban J connectivity index is 2.14. The molecule has 0 saturated carbocycles. The molecule has 2 heterocycles. The maximum atomic E-state index is 12.3. The fourth-order valence-electron chi connectivity index (χ4n) is 2.43. The van der Waals surface area contributed by atoms with E-state index in [1.54, 1.807) is 18.7 Å². The van der Waals surface area contributed by atoms with Crippen LogP contribution in [0.1, 0.15) is 39.9 Å². The summed E-state index contributed by atoms with van der Waals surface area (Å²) in [5.41, 5.74) is 0.679. The van der Waals surface area contributed by atoms with Crippen molar-refractivity contribution >= 4 is 11.9 Å². The first-order chi connectivity index (χ1) is 9.40. The lowest BCUT2D eigenvalue weighted by Crippen LogP contribution is -2.31. The van der Waals surface area contributed by atoms with E-state index in [4.69, 9.17) is 5.11 Å². The van der Waals surface area contributed by atoms with Gasteiger partial charge >= 0.3 is 5.97 Å². The highest BCUT2D eigenvalue weighted by molar-refractivity contribution is 5.94. The normalized spacial score (nSPS) is 19.9. The average molecular weight is 278 g/mol. The van der Waals surface area contributed by atoms with Crippen LogP contribution in [0.2, 0.25) is 0 Å². The van der Waals surface area contributed by atoms with E-state index in [0.29, 0.717) is 18.8 Å². The van der Waals surface area contributed by atoms with Gasteiger partial charge < -0.3 is 15.1 Å². The Bertz CT molecular complexity index is 542. The van der Waals surface area contributed by atoms with Crippen LogP contribution in [-0.2, 0) is 0 Å². The summed E-state index contributed by atoms with van der Waals surface area (Å²) >= 11 is 0. The second kappa shape index (κ2) is 5.58. The minimum Gasteiger partial charge on any atom is -0.478 e. The first kappa shape index (κ1) is 14.5. The molecule has 1 aromatic rings. The van der Waals surface area contributed by atoms with Crippen molar-refractivity contribution in [1.29, 1.82) is 0 Å². The summed E-state index contributed by atoms with van der Waals surface area (Å²) in [6, 6.07) is 2.84. The summed E-state index contributed by atoms with van der Waals surface area (Å²) in [4.78, 5) is 28.9. The van der Waals surface area contributed by atoms with Gasteiger partial charge in [0.15, 0.2) is 0 Å². The summed E-state index contributed by atoms with van der Waals surface area (Å²) in [5, 5.41) is 18.5. The van der Waals surface area contributed by atoms with E-state index >= 15 is 0 Å². The highest BCUT2D eigenvalue weighted by atomic mass is 16.4. The predicted molar refractivity (Wildman–Crippen MR) is 71.6 cm³/mol. The molecule has 0 radical (unpaired) electrons. The number of carbonyl (C=O) groups excluding carboxylic acids is 1. The van der Waals surface area contributed by atoms with Crippen LogP contribution in [0.4, 0.5) is 0 Å². The van der Waals surface area contributed by atoms with Crippen LogP contribution in [0, 0.1) is 12.8 Å². The van der Waals surface area contributed by atoms with Crippen molar-refractivity contribution in [3.8, 4) is 0 Å². The topological polar surface area (TPSA) is 90.7 Å². The molecule has 1 saturated heterocycles. The highest BCUT2D eigenvalue weighted by Crippen LogP contribution is 2.21. The molecule has 108 valence electrons. The monoisotopic (exact) mass is 278 g/mol. The van der Waals surface area contributed by atoms with Crippen molar-refractivity contribution < 1.29 is 19.8 Å². The third-order valence-electron chi connectivity index (χ3n) is 3.73. The Morgan fingerprint density at radius 3 is 2.65 bits per heavy atom. The quantitative estimate of drug-likeness (QED) is 0.858. The Kier molecular flexibility index (Phi) is 4.04. The summed E-state index contributed by atoms with van der Waals surface area (Å²) in [5.74, 6) is -1.17. The molecule has 0 aromatic carbocycles. The number of aliphatic hydroxyl groups is 1. The molecule has 2 N–H and O–H groups in total. The second-order valence-corrected chi connectivity index (χ2v) is 5.18. The second-order valence-electron chi connectivity index (χ2n) is 5.18. The van der Waals surface area contributed by atoms with Crippen molar-refractivity contribution in [1.82, 2.24) is 9.88 Å². The number of hydrogen-bond acceptors (Lipinski definition) is 4. The number of carboxylic acid groups (broad SMARTS) is 1. The molecule has 1 fully saturated rings. The molecule has 1 aliphatic heterocycles. The molecule has 2 atom stereocenters. The molecule has 1 amide bonds. The van der Waals surface area contributed by atoms with Crippen LogP contribution >= 0.6 is 0 Å². The minimum atomic E-state index is -1.05. The van der Waals surface area contributed by atoms with E-state index in [9.17, 15) is 14.7 Å². The molecule has 1 aliphatic rings. The summed E-state index contributed by atoms with van der Waals surface area (Å²) in [6.45, 7) is 4.40. The van der Waals surface area contributed by atoms with Gasteiger partial charge in [-0.1, -0.05) is 0 Å². The van der Waals surface area contributed by atoms with Gasteiger partial charge in [-0.05, 0) is 32.4 Å². The van der Waals surface area contributed by atoms with Crippen molar-refractivity contribution in [2.75, 3.05) is 13.1 Å². The number of nitrogens with zero attached hydrogens (tertiary/aromatic N) is 2. The zero-order chi connectivity index (χ0) is 14.9. The lowest BCUT2D eigenvalue weighted by Gasteiger charge is -2.17. The number of amides is 1. The molecule has 0 spiro atoms. The molecule has 0 bridgehead atoms. The summed E-state index contributed by atoms with van der Waals surface area (Å²) in [6.07, 6.45) is 0.340. The first-order valence-electron chi connectivity index (χ1n) is 6.58. The van der Waals surface area contributed by atoms with Gasteiger partial charge in [0.25, 0.3) is 5.91 Å². The Morgan fingerprint density at radius 1 is 1.45 bits per heavy atom. The van der Waals surface area contributed by atoms with E-state index in [2.05, 4.69) is 4.98 Å². The molecular weight excluding hydrogens is 260 g/mol. The van der Waals surface area contributed by atoms with Crippen LogP contribution in [0.15, 0.2) is 12.1 Å². The van der Waals surface area contributed by atoms with Gasteiger partial charge in [-0.15, -0.1) is 0 Å². The number of carbonyl (C=O) groups is 2. The van der Waals surface area contributed by atoms with Gasteiger partial charge in [0.1, 0.15) is 5.69 Å². The van der Waals surface area contributed by atoms with Gasteiger partial charge in [0, 0.05) is 19.0 Å². The average Bonchev–Trinajstić information content (AvgIpc) is 2.87. The molecule has 0 aliphatic carbocycles. The number of pyridine rings is 1. The molecular formula is C14H18N2O4. The SMILES string of the molecule is Cc1nc(C(=O)N2CCC(C(C)O)C2)ccc1C(=O)O. The molecule has 2 unspecified atom stereocenters. The molecule has 1 aromatic heterocycles. The smallest absolute Gasteiger partial charge is 0.337 e.